The number of carbonyl (C=O) groups excluding carboxylic acids is 1. The molecule has 2 heterocycles. The van der Waals surface area contributed by atoms with Gasteiger partial charge >= 0.3 is 0 Å². The highest BCUT2D eigenvalue weighted by Gasteiger charge is 2.32. The molecule has 0 radical (unpaired) electrons. The van der Waals surface area contributed by atoms with Crippen LogP contribution in [0.15, 0.2) is 100 Å². The topological polar surface area (TPSA) is 81.9 Å². The van der Waals surface area contributed by atoms with Gasteiger partial charge in [0.2, 0.25) is 0 Å². The van der Waals surface area contributed by atoms with Crippen molar-refractivity contribution in [3.8, 4) is 11.5 Å². The summed E-state index contributed by atoms with van der Waals surface area (Å²) >= 11 is 5.78. The summed E-state index contributed by atoms with van der Waals surface area (Å²) in [5.74, 6) is 1.19. The second-order valence-electron chi connectivity index (χ2n) is 9.32. The number of para-hydroxylation sites is 1. The SMILES string of the molecule is C=CCOc1c(I)cc(/C=c2/sc3n(c2=O)[C@H](c2ccc(OCC)cc2)C(C(=O)Nc2ccccc2)=C(C)N=3)cc1I. The first-order valence-electron chi connectivity index (χ1n) is 13.1. The van der Waals surface area contributed by atoms with Crippen molar-refractivity contribution in [3.63, 3.8) is 0 Å². The Morgan fingerprint density at radius 2 is 1.79 bits per heavy atom. The van der Waals surface area contributed by atoms with Crippen LogP contribution in [0.25, 0.3) is 6.08 Å². The summed E-state index contributed by atoms with van der Waals surface area (Å²) in [7, 11) is 0. The molecule has 0 saturated heterocycles. The smallest absolute Gasteiger partial charge is 0.271 e. The average Bonchev–Trinajstić information content (AvgIpc) is 3.27. The standard InChI is InChI=1S/C32H27I2N3O4S/c1-4-15-41-29-24(33)16-20(17-25(29)34)18-26-31(39)37-28(21-11-13-23(14-12-21)40-5-2)27(19(3)35-32(37)42-26)30(38)36-22-9-7-6-8-10-22/h4,6-14,16-18,28H,1,5,15H2,2-3H3,(H,36,38)/b26-18+/t28-/m1/s1. The van der Waals surface area contributed by atoms with E-state index in [1.165, 1.54) is 11.3 Å². The number of carbonyl (C=O) groups is 1. The molecule has 1 atom stereocenters. The van der Waals surface area contributed by atoms with Crippen molar-refractivity contribution in [2.24, 2.45) is 4.99 Å². The van der Waals surface area contributed by atoms with Crippen molar-refractivity contribution in [2.75, 3.05) is 18.5 Å². The zero-order chi connectivity index (χ0) is 29.8. The Hall–Kier alpha value is -3.23. The molecular formula is C32H27I2N3O4S. The molecule has 1 N–H and O–H groups in total. The zero-order valence-electron chi connectivity index (χ0n) is 22.9. The second-order valence-corrected chi connectivity index (χ2v) is 12.7. The van der Waals surface area contributed by atoms with E-state index in [1.54, 1.807) is 10.6 Å². The van der Waals surface area contributed by atoms with Crippen LogP contribution in [0.5, 0.6) is 11.5 Å². The number of rotatable bonds is 9. The van der Waals surface area contributed by atoms with Gasteiger partial charge < -0.3 is 14.8 Å². The Kier molecular flexibility index (Phi) is 9.63. The number of benzene rings is 3. The molecule has 1 aliphatic rings. The summed E-state index contributed by atoms with van der Waals surface area (Å²) in [6.45, 7) is 8.40. The van der Waals surface area contributed by atoms with Crippen LogP contribution in [-0.4, -0.2) is 23.7 Å². The first-order valence-corrected chi connectivity index (χ1v) is 16.1. The Labute approximate surface area is 274 Å². The normalized spacial score (nSPS) is 14.7. The summed E-state index contributed by atoms with van der Waals surface area (Å²) < 4.78 is 15.5. The zero-order valence-corrected chi connectivity index (χ0v) is 28.0. The molecule has 0 bridgehead atoms. The van der Waals surface area contributed by atoms with Crippen molar-refractivity contribution in [3.05, 3.63) is 129 Å². The molecule has 0 saturated carbocycles. The summed E-state index contributed by atoms with van der Waals surface area (Å²) in [6.07, 6.45) is 3.57. The van der Waals surface area contributed by atoms with Gasteiger partial charge in [0.15, 0.2) is 4.80 Å². The maximum Gasteiger partial charge on any atom is 0.271 e. The Balaban J connectivity index is 1.63. The van der Waals surface area contributed by atoms with Gasteiger partial charge in [-0.05, 0) is 113 Å². The van der Waals surface area contributed by atoms with Gasteiger partial charge in [0.1, 0.15) is 18.1 Å². The third-order valence-electron chi connectivity index (χ3n) is 6.47. The molecule has 0 unspecified atom stereocenters. The molecule has 5 rings (SSSR count). The minimum Gasteiger partial charge on any atom is -0.494 e. The lowest BCUT2D eigenvalue weighted by atomic mass is 9.95. The van der Waals surface area contributed by atoms with E-state index in [9.17, 15) is 9.59 Å². The Morgan fingerprint density at radius 3 is 2.43 bits per heavy atom. The largest absolute Gasteiger partial charge is 0.494 e. The van der Waals surface area contributed by atoms with E-state index >= 15 is 0 Å². The van der Waals surface area contributed by atoms with Crippen molar-refractivity contribution in [1.82, 2.24) is 4.57 Å². The number of nitrogens with zero attached hydrogens (tertiary/aromatic N) is 2. The minimum absolute atomic E-state index is 0.216. The number of amides is 1. The highest BCUT2D eigenvalue weighted by molar-refractivity contribution is 14.1. The molecule has 214 valence electrons. The molecule has 42 heavy (non-hydrogen) atoms. The predicted octanol–water partition coefficient (Wildman–Crippen LogP) is 6.05. The van der Waals surface area contributed by atoms with Crippen LogP contribution in [0, 0.1) is 7.14 Å². The molecule has 1 amide bonds. The highest BCUT2D eigenvalue weighted by Crippen LogP contribution is 2.32. The number of allylic oxidation sites excluding steroid dienone is 1. The predicted molar refractivity (Wildman–Crippen MR) is 184 cm³/mol. The fourth-order valence-corrected chi connectivity index (χ4v) is 7.83. The van der Waals surface area contributed by atoms with Crippen molar-refractivity contribution in [2.45, 2.75) is 19.9 Å². The van der Waals surface area contributed by atoms with E-state index in [0.29, 0.717) is 39.5 Å². The highest BCUT2D eigenvalue weighted by atomic mass is 127. The minimum atomic E-state index is -0.669. The number of fused-ring (bicyclic) bond motifs is 1. The van der Waals surface area contributed by atoms with E-state index in [4.69, 9.17) is 14.5 Å². The molecule has 0 spiro atoms. The van der Waals surface area contributed by atoms with Crippen molar-refractivity contribution < 1.29 is 14.3 Å². The summed E-state index contributed by atoms with van der Waals surface area (Å²) in [4.78, 5) is 33.1. The summed E-state index contributed by atoms with van der Waals surface area (Å²) in [6, 6.07) is 20.1. The number of nitrogens with one attached hydrogen (secondary N) is 1. The monoisotopic (exact) mass is 803 g/mol. The van der Waals surface area contributed by atoms with Crippen LogP contribution < -0.4 is 29.7 Å². The Bertz CT molecular complexity index is 1840. The van der Waals surface area contributed by atoms with E-state index in [2.05, 4.69) is 57.1 Å². The third-order valence-corrected chi connectivity index (χ3v) is 9.05. The molecule has 10 heteroatoms. The molecular weight excluding hydrogens is 776 g/mol. The van der Waals surface area contributed by atoms with Gasteiger partial charge in [-0.15, -0.1) is 0 Å². The number of thiazole rings is 1. The van der Waals surface area contributed by atoms with Crippen LogP contribution >= 0.6 is 56.5 Å². The quantitative estimate of drug-likeness (QED) is 0.165. The summed E-state index contributed by atoms with van der Waals surface area (Å²) in [5, 5.41) is 2.98. The lowest BCUT2D eigenvalue weighted by molar-refractivity contribution is -0.113. The fraction of sp³-hybridized carbons (Fsp3) is 0.156. The maximum absolute atomic E-state index is 14.0. The second kappa shape index (κ2) is 13.4. The molecule has 4 aromatic rings. The molecule has 7 nitrogen and oxygen atoms in total. The Morgan fingerprint density at radius 1 is 1.10 bits per heavy atom. The number of hydrogen-bond acceptors (Lipinski definition) is 6. The van der Waals surface area contributed by atoms with Crippen LogP contribution in [-0.2, 0) is 4.79 Å². The molecule has 1 aromatic heterocycles. The third kappa shape index (κ3) is 6.40. The molecule has 0 fully saturated rings. The van der Waals surface area contributed by atoms with Crippen LogP contribution in [0.2, 0.25) is 0 Å². The first kappa shape index (κ1) is 30.2. The average molecular weight is 803 g/mol. The number of anilines is 1. The lowest BCUT2D eigenvalue weighted by Gasteiger charge is -2.25. The van der Waals surface area contributed by atoms with Gasteiger partial charge in [-0.2, -0.15) is 0 Å². The number of hydrogen-bond donors (Lipinski definition) is 1. The van der Waals surface area contributed by atoms with E-state index < -0.39 is 6.04 Å². The maximum atomic E-state index is 14.0. The van der Waals surface area contributed by atoms with Crippen LogP contribution in [0.4, 0.5) is 5.69 Å². The van der Waals surface area contributed by atoms with E-state index in [0.717, 1.165) is 29.8 Å². The van der Waals surface area contributed by atoms with E-state index in [-0.39, 0.29) is 11.5 Å². The van der Waals surface area contributed by atoms with Crippen molar-refractivity contribution >= 4 is 74.2 Å². The fourth-order valence-electron chi connectivity index (χ4n) is 4.65. The van der Waals surface area contributed by atoms with Gasteiger partial charge in [0, 0.05) is 5.69 Å². The number of aromatic nitrogens is 1. The van der Waals surface area contributed by atoms with Crippen LogP contribution in [0.3, 0.4) is 0 Å². The van der Waals surface area contributed by atoms with Gasteiger partial charge in [-0.25, -0.2) is 4.99 Å². The van der Waals surface area contributed by atoms with Gasteiger partial charge in [-0.3, -0.25) is 14.2 Å². The van der Waals surface area contributed by atoms with Gasteiger partial charge in [0.25, 0.3) is 11.5 Å². The number of halogens is 2. The van der Waals surface area contributed by atoms with E-state index in [1.807, 2.05) is 86.7 Å². The lowest BCUT2D eigenvalue weighted by Crippen LogP contribution is -2.40. The van der Waals surface area contributed by atoms with Gasteiger partial charge in [-0.1, -0.05) is 54.3 Å². The van der Waals surface area contributed by atoms with Crippen LogP contribution in [0.1, 0.15) is 31.0 Å². The first-order chi connectivity index (χ1) is 20.3. The molecule has 1 aliphatic heterocycles. The molecule has 0 aliphatic carbocycles. The van der Waals surface area contributed by atoms with Crippen molar-refractivity contribution in [1.29, 1.82) is 0 Å². The molecule has 3 aromatic carbocycles. The number of ether oxygens (including phenoxy) is 2. The summed E-state index contributed by atoms with van der Waals surface area (Å²) in [5.41, 5.74) is 3.07. The van der Waals surface area contributed by atoms with Gasteiger partial charge in [0.05, 0.1) is 35.6 Å².